The average molecular weight is 349 g/mol. The van der Waals surface area contributed by atoms with Crippen LogP contribution in [0.4, 0.5) is 0 Å². The summed E-state index contributed by atoms with van der Waals surface area (Å²) >= 11 is 6.19. The quantitative estimate of drug-likeness (QED) is 0.832. The van der Waals surface area contributed by atoms with E-state index in [1.54, 1.807) is 18.5 Å². The van der Waals surface area contributed by atoms with E-state index >= 15 is 0 Å². The van der Waals surface area contributed by atoms with Crippen LogP contribution in [-0.2, 0) is 7.05 Å². The lowest BCUT2D eigenvalue weighted by atomic mass is 9.96. The molecule has 126 valence electrons. The number of amides is 1. The zero-order valence-electron chi connectivity index (χ0n) is 13.2. The van der Waals surface area contributed by atoms with Gasteiger partial charge in [0.2, 0.25) is 6.79 Å². The van der Waals surface area contributed by atoms with Gasteiger partial charge in [0.05, 0.1) is 5.02 Å². The smallest absolute Gasteiger partial charge is 0.254 e. The summed E-state index contributed by atoms with van der Waals surface area (Å²) in [6, 6.07) is 3.34. The Hall–Kier alpha value is -2.28. The van der Waals surface area contributed by atoms with Crippen molar-refractivity contribution < 1.29 is 14.3 Å². The summed E-state index contributed by atoms with van der Waals surface area (Å²) in [5.74, 6) is 2.08. The molecule has 0 aliphatic carbocycles. The average Bonchev–Trinajstić information content (AvgIpc) is 3.23. The van der Waals surface area contributed by atoms with Gasteiger partial charge >= 0.3 is 0 Å². The number of aryl methyl sites for hydroxylation is 1. The third-order valence-corrected chi connectivity index (χ3v) is 4.78. The molecule has 24 heavy (non-hydrogen) atoms. The van der Waals surface area contributed by atoms with Crippen molar-refractivity contribution >= 4 is 17.5 Å². The van der Waals surface area contributed by atoms with E-state index in [-0.39, 0.29) is 18.6 Å². The third-order valence-electron chi connectivity index (χ3n) is 4.49. The highest BCUT2D eigenvalue weighted by Crippen LogP contribution is 2.40. The second-order valence-corrected chi connectivity index (χ2v) is 6.49. The molecule has 0 spiro atoms. The maximum Gasteiger partial charge on any atom is 0.254 e. The van der Waals surface area contributed by atoms with Crippen LogP contribution < -0.4 is 9.47 Å². The molecule has 1 aromatic heterocycles. The van der Waals surface area contributed by atoms with Crippen molar-refractivity contribution in [1.82, 2.24) is 19.7 Å². The van der Waals surface area contributed by atoms with Gasteiger partial charge in [-0.05, 0) is 25.0 Å². The molecule has 2 aromatic rings. The van der Waals surface area contributed by atoms with Gasteiger partial charge in [0.1, 0.15) is 12.2 Å². The summed E-state index contributed by atoms with van der Waals surface area (Å²) in [6.45, 7) is 1.47. The minimum Gasteiger partial charge on any atom is -0.454 e. The molecule has 2 aliphatic rings. The number of hydrogen-bond acceptors (Lipinski definition) is 5. The van der Waals surface area contributed by atoms with Crippen molar-refractivity contribution in [2.75, 3.05) is 19.9 Å². The van der Waals surface area contributed by atoms with Gasteiger partial charge < -0.3 is 18.9 Å². The highest BCUT2D eigenvalue weighted by molar-refractivity contribution is 6.32. The van der Waals surface area contributed by atoms with Gasteiger partial charge in [0, 0.05) is 31.6 Å². The lowest BCUT2D eigenvalue weighted by molar-refractivity contribution is 0.0703. The van der Waals surface area contributed by atoms with E-state index in [1.807, 2.05) is 16.5 Å². The lowest BCUT2D eigenvalue weighted by Crippen LogP contribution is -2.39. The summed E-state index contributed by atoms with van der Waals surface area (Å²) in [6.07, 6.45) is 3.62. The zero-order chi connectivity index (χ0) is 16.7. The number of halogens is 1. The molecular formula is C16H17ClN4O3. The summed E-state index contributed by atoms with van der Waals surface area (Å²) in [4.78, 5) is 14.7. The van der Waals surface area contributed by atoms with E-state index in [0.717, 1.165) is 25.2 Å². The first kappa shape index (κ1) is 15.3. The molecule has 2 aliphatic heterocycles. The van der Waals surface area contributed by atoms with Gasteiger partial charge in [-0.1, -0.05) is 11.6 Å². The van der Waals surface area contributed by atoms with Gasteiger partial charge in [0.25, 0.3) is 5.91 Å². The number of likely N-dealkylation sites (tertiary alicyclic amines) is 1. The Bertz CT molecular complexity index is 792. The molecule has 1 fully saturated rings. The minimum atomic E-state index is -0.0536. The number of carbonyl (C=O) groups is 1. The summed E-state index contributed by atoms with van der Waals surface area (Å²) < 4.78 is 12.6. The first-order chi connectivity index (χ1) is 11.6. The predicted octanol–water partition coefficient (Wildman–Crippen LogP) is 2.22. The number of aromatic nitrogens is 3. The van der Waals surface area contributed by atoms with Gasteiger partial charge in [0.15, 0.2) is 11.5 Å². The molecule has 4 rings (SSSR count). The second kappa shape index (κ2) is 5.98. The van der Waals surface area contributed by atoms with E-state index in [2.05, 4.69) is 10.2 Å². The molecule has 1 amide bonds. The molecule has 0 radical (unpaired) electrons. The fourth-order valence-corrected chi connectivity index (χ4v) is 3.57. The van der Waals surface area contributed by atoms with Crippen molar-refractivity contribution in [2.24, 2.45) is 7.05 Å². The van der Waals surface area contributed by atoms with Gasteiger partial charge in [-0.2, -0.15) is 0 Å². The van der Waals surface area contributed by atoms with Crippen LogP contribution in [0.5, 0.6) is 11.5 Å². The molecule has 8 heteroatoms. The highest BCUT2D eigenvalue weighted by atomic mass is 35.5. The SMILES string of the molecule is Cn1cnnc1[C@H]1CCCN(C(=O)c2cc(Cl)c3c(c2)OCO3)C1. The molecule has 1 atom stereocenters. The Labute approximate surface area is 144 Å². The number of nitrogens with zero attached hydrogens (tertiary/aromatic N) is 4. The van der Waals surface area contributed by atoms with Crippen LogP contribution in [-0.4, -0.2) is 45.5 Å². The van der Waals surface area contributed by atoms with Crippen LogP contribution >= 0.6 is 11.6 Å². The first-order valence-electron chi connectivity index (χ1n) is 7.86. The van der Waals surface area contributed by atoms with Gasteiger partial charge in [-0.3, -0.25) is 4.79 Å². The van der Waals surface area contributed by atoms with Crippen LogP contribution in [0.3, 0.4) is 0 Å². The molecule has 1 saturated heterocycles. The molecule has 7 nitrogen and oxygen atoms in total. The number of ether oxygens (including phenoxy) is 2. The zero-order valence-corrected chi connectivity index (χ0v) is 14.0. The Morgan fingerprint density at radius 1 is 1.38 bits per heavy atom. The monoisotopic (exact) mass is 348 g/mol. The van der Waals surface area contributed by atoms with E-state index < -0.39 is 0 Å². The normalized spacial score (nSPS) is 19.6. The van der Waals surface area contributed by atoms with E-state index in [1.165, 1.54) is 0 Å². The molecule has 0 N–H and O–H groups in total. The fourth-order valence-electron chi connectivity index (χ4n) is 3.31. The second-order valence-electron chi connectivity index (χ2n) is 6.08. The number of rotatable bonds is 2. The number of fused-ring (bicyclic) bond motifs is 1. The molecule has 3 heterocycles. The van der Waals surface area contributed by atoms with Gasteiger partial charge in [-0.15, -0.1) is 10.2 Å². The lowest BCUT2D eigenvalue weighted by Gasteiger charge is -2.32. The Morgan fingerprint density at radius 2 is 2.25 bits per heavy atom. The fraction of sp³-hybridized carbons (Fsp3) is 0.438. The van der Waals surface area contributed by atoms with Crippen LogP contribution in [0.2, 0.25) is 5.02 Å². The van der Waals surface area contributed by atoms with Gasteiger partial charge in [-0.25, -0.2) is 0 Å². The third kappa shape index (κ3) is 2.58. The van der Waals surface area contributed by atoms with Crippen molar-refractivity contribution in [1.29, 1.82) is 0 Å². The Kier molecular flexibility index (Phi) is 3.80. The van der Waals surface area contributed by atoms with Crippen LogP contribution in [0, 0.1) is 0 Å². The number of piperidine rings is 1. The molecular weight excluding hydrogens is 332 g/mol. The summed E-state index contributed by atoms with van der Waals surface area (Å²) in [7, 11) is 1.92. The van der Waals surface area contributed by atoms with E-state index in [4.69, 9.17) is 21.1 Å². The largest absolute Gasteiger partial charge is 0.454 e. The Balaban J connectivity index is 1.56. The van der Waals surface area contributed by atoms with Crippen molar-refractivity contribution in [3.05, 3.63) is 34.9 Å². The van der Waals surface area contributed by atoms with E-state index in [0.29, 0.717) is 28.6 Å². The summed E-state index contributed by atoms with van der Waals surface area (Å²) in [5, 5.41) is 8.52. The van der Waals surface area contributed by atoms with Crippen molar-refractivity contribution in [3.8, 4) is 11.5 Å². The highest BCUT2D eigenvalue weighted by Gasteiger charge is 2.29. The molecule has 0 unspecified atom stereocenters. The number of benzene rings is 1. The topological polar surface area (TPSA) is 69.5 Å². The Morgan fingerprint density at radius 3 is 3.04 bits per heavy atom. The maximum atomic E-state index is 12.9. The van der Waals surface area contributed by atoms with Crippen molar-refractivity contribution in [2.45, 2.75) is 18.8 Å². The number of carbonyl (C=O) groups excluding carboxylic acids is 1. The van der Waals surface area contributed by atoms with Crippen LogP contribution in [0.25, 0.3) is 0 Å². The number of hydrogen-bond donors (Lipinski definition) is 0. The predicted molar refractivity (Wildman–Crippen MR) is 86.5 cm³/mol. The minimum absolute atomic E-state index is 0.0536. The molecule has 1 aromatic carbocycles. The molecule has 0 bridgehead atoms. The molecule has 0 saturated carbocycles. The van der Waals surface area contributed by atoms with E-state index in [9.17, 15) is 4.79 Å². The standard InChI is InChI=1S/C16H17ClN4O3/c1-20-8-18-19-15(20)10-3-2-4-21(7-10)16(22)11-5-12(17)14-13(6-11)23-9-24-14/h5-6,8,10H,2-4,7,9H2,1H3/t10-/m0/s1. The van der Waals surface area contributed by atoms with Crippen LogP contribution in [0.15, 0.2) is 18.5 Å². The summed E-state index contributed by atoms with van der Waals surface area (Å²) in [5.41, 5.74) is 0.517. The maximum absolute atomic E-state index is 12.9. The van der Waals surface area contributed by atoms with Crippen LogP contribution in [0.1, 0.15) is 34.9 Å². The van der Waals surface area contributed by atoms with Crippen molar-refractivity contribution in [3.63, 3.8) is 0 Å². The first-order valence-corrected chi connectivity index (χ1v) is 8.23.